The van der Waals surface area contributed by atoms with Crippen LogP contribution in [-0.2, 0) is 11.3 Å². The fourth-order valence-corrected chi connectivity index (χ4v) is 3.57. The van der Waals surface area contributed by atoms with Gasteiger partial charge in [-0.1, -0.05) is 81.4 Å². The Kier molecular flexibility index (Phi) is 8.64. The molecule has 2 amide bonds. The largest absolute Gasteiger partial charge is 0.480 e. The molecule has 2 atom stereocenters. The lowest BCUT2D eigenvalue weighted by atomic mass is 9.98. The van der Waals surface area contributed by atoms with E-state index in [-0.39, 0.29) is 11.8 Å². The zero-order valence-corrected chi connectivity index (χ0v) is 19.5. The lowest BCUT2D eigenvalue weighted by molar-refractivity contribution is -0.122. The molecule has 0 saturated heterocycles. The molecular weight excluding hydrogens is 412 g/mol. The molecule has 0 saturated carbocycles. The maximum atomic E-state index is 13.1. The van der Waals surface area contributed by atoms with Gasteiger partial charge in [0.25, 0.3) is 11.8 Å². The van der Waals surface area contributed by atoms with Gasteiger partial charge in [-0.2, -0.15) is 0 Å². The number of anilines is 1. The Bertz CT molecular complexity index is 1070. The van der Waals surface area contributed by atoms with Crippen LogP contribution in [0.2, 0.25) is 0 Å². The van der Waals surface area contributed by atoms with Crippen LogP contribution in [0.1, 0.15) is 61.0 Å². The monoisotopic (exact) mass is 444 g/mol. The van der Waals surface area contributed by atoms with E-state index in [1.807, 2.05) is 61.5 Å². The van der Waals surface area contributed by atoms with Crippen molar-refractivity contribution in [2.24, 2.45) is 0 Å². The van der Waals surface area contributed by atoms with Crippen molar-refractivity contribution in [3.05, 3.63) is 95.6 Å². The average Bonchev–Trinajstić information content (AvgIpc) is 2.86. The molecule has 2 unspecified atom stereocenters. The Morgan fingerprint density at radius 2 is 1.52 bits per heavy atom. The minimum atomic E-state index is -0.671. The molecule has 0 spiro atoms. The van der Waals surface area contributed by atoms with Gasteiger partial charge in [-0.05, 0) is 48.1 Å². The highest BCUT2D eigenvalue weighted by Gasteiger charge is 2.22. The normalized spacial score (nSPS) is 12.5. The summed E-state index contributed by atoms with van der Waals surface area (Å²) in [7, 11) is 0. The zero-order chi connectivity index (χ0) is 23.6. The molecule has 0 aliphatic carbocycles. The topological polar surface area (TPSA) is 67.4 Å². The van der Waals surface area contributed by atoms with Crippen LogP contribution in [0.3, 0.4) is 0 Å². The fourth-order valence-electron chi connectivity index (χ4n) is 3.57. The molecule has 5 heteroatoms. The lowest BCUT2D eigenvalue weighted by Crippen LogP contribution is -2.33. The second kappa shape index (κ2) is 11.9. The lowest BCUT2D eigenvalue weighted by Gasteiger charge is -2.22. The molecule has 0 aliphatic heterocycles. The van der Waals surface area contributed by atoms with Gasteiger partial charge in [0.1, 0.15) is 5.75 Å². The fraction of sp³-hybridized carbons (Fsp3) is 0.286. The van der Waals surface area contributed by atoms with E-state index in [1.54, 1.807) is 24.3 Å². The maximum absolute atomic E-state index is 13.1. The van der Waals surface area contributed by atoms with Gasteiger partial charge >= 0.3 is 0 Å². The van der Waals surface area contributed by atoms with E-state index < -0.39 is 6.10 Å². The van der Waals surface area contributed by atoms with Crippen molar-refractivity contribution in [3.63, 3.8) is 0 Å². The predicted octanol–water partition coefficient (Wildman–Crippen LogP) is 5.93. The first-order chi connectivity index (χ1) is 16.0. The number of hydrogen-bond donors (Lipinski definition) is 2. The highest BCUT2D eigenvalue weighted by molar-refractivity contribution is 6.04. The van der Waals surface area contributed by atoms with E-state index in [0.717, 1.165) is 23.3 Å². The van der Waals surface area contributed by atoms with Crippen molar-refractivity contribution in [3.8, 4) is 5.75 Å². The molecule has 2 N–H and O–H groups in total. The smallest absolute Gasteiger partial charge is 0.265 e. The Labute approximate surface area is 196 Å². The van der Waals surface area contributed by atoms with Gasteiger partial charge in [0.05, 0.1) is 11.3 Å². The van der Waals surface area contributed by atoms with Crippen LogP contribution in [0.5, 0.6) is 5.75 Å². The average molecular weight is 445 g/mol. The molecule has 0 heterocycles. The molecule has 0 radical (unpaired) electrons. The number of carbonyl (C=O) groups excluding carboxylic acids is 2. The summed E-state index contributed by atoms with van der Waals surface area (Å²) in [6.07, 6.45) is 0.813. The quantitative estimate of drug-likeness (QED) is 0.407. The molecule has 5 nitrogen and oxygen atoms in total. The number of rotatable bonds is 10. The number of nitrogens with one attached hydrogen (secondary N) is 2. The van der Waals surface area contributed by atoms with Gasteiger partial charge in [0.15, 0.2) is 6.10 Å². The highest BCUT2D eigenvalue weighted by Crippen LogP contribution is 2.29. The van der Waals surface area contributed by atoms with E-state index in [1.165, 1.54) is 0 Å². The van der Waals surface area contributed by atoms with Crippen molar-refractivity contribution < 1.29 is 14.3 Å². The van der Waals surface area contributed by atoms with Crippen molar-refractivity contribution in [1.29, 1.82) is 0 Å². The molecule has 0 aliphatic rings. The van der Waals surface area contributed by atoms with Gasteiger partial charge in [-0.25, -0.2) is 0 Å². The Balaban J connectivity index is 1.71. The SMILES string of the molecule is CCC(Oc1ccccc1C(C)CC)C(=O)Nc1ccccc1C(=O)NCc1ccccc1. The summed E-state index contributed by atoms with van der Waals surface area (Å²) in [5.41, 5.74) is 2.97. The summed E-state index contributed by atoms with van der Waals surface area (Å²) >= 11 is 0. The molecule has 0 bridgehead atoms. The van der Waals surface area contributed by atoms with E-state index in [0.29, 0.717) is 30.1 Å². The van der Waals surface area contributed by atoms with Crippen LogP contribution >= 0.6 is 0 Å². The molecule has 0 aromatic heterocycles. The number of carbonyl (C=O) groups is 2. The molecule has 3 aromatic rings. The second-order valence-corrected chi connectivity index (χ2v) is 8.06. The number of amides is 2. The summed E-state index contributed by atoms with van der Waals surface area (Å²) in [6, 6.07) is 24.6. The first-order valence-electron chi connectivity index (χ1n) is 11.5. The third-order valence-corrected chi connectivity index (χ3v) is 5.72. The molecule has 33 heavy (non-hydrogen) atoms. The number of ether oxygens (including phenoxy) is 1. The molecule has 3 aromatic carbocycles. The standard InChI is InChI=1S/C28H32N2O3/c1-4-20(3)22-15-10-12-18-26(22)33-25(5-2)28(32)30-24-17-11-9-16-23(24)27(31)29-19-21-13-7-6-8-14-21/h6-18,20,25H,4-5,19H2,1-3H3,(H,29,31)(H,30,32). The van der Waals surface area contributed by atoms with E-state index in [2.05, 4.69) is 24.5 Å². The third kappa shape index (κ3) is 6.45. The van der Waals surface area contributed by atoms with Crippen LogP contribution in [0, 0.1) is 0 Å². The Morgan fingerprint density at radius 3 is 2.24 bits per heavy atom. The second-order valence-electron chi connectivity index (χ2n) is 8.06. The molecule has 0 fully saturated rings. The highest BCUT2D eigenvalue weighted by atomic mass is 16.5. The summed E-state index contributed by atoms with van der Waals surface area (Å²) in [4.78, 5) is 25.9. The van der Waals surface area contributed by atoms with Crippen LogP contribution in [0.25, 0.3) is 0 Å². The Hall–Kier alpha value is -3.60. The van der Waals surface area contributed by atoms with E-state index in [9.17, 15) is 9.59 Å². The van der Waals surface area contributed by atoms with Gasteiger partial charge < -0.3 is 15.4 Å². The van der Waals surface area contributed by atoms with E-state index >= 15 is 0 Å². The summed E-state index contributed by atoms with van der Waals surface area (Å²) < 4.78 is 6.14. The third-order valence-electron chi connectivity index (χ3n) is 5.72. The van der Waals surface area contributed by atoms with Crippen LogP contribution in [-0.4, -0.2) is 17.9 Å². The van der Waals surface area contributed by atoms with Crippen molar-refractivity contribution in [2.75, 3.05) is 5.32 Å². The molecule has 3 rings (SSSR count). The van der Waals surface area contributed by atoms with Crippen molar-refractivity contribution in [1.82, 2.24) is 5.32 Å². The van der Waals surface area contributed by atoms with Gasteiger partial charge in [0, 0.05) is 6.54 Å². The van der Waals surface area contributed by atoms with Crippen LogP contribution in [0.15, 0.2) is 78.9 Å². The number of para-hydroxylation sites is 2. The molecule has 172 valence electrons. The number of hydrogen-bond acceptors (Lipinski definition) is 3. The minimum Gasteiger partial charge on any atom is -0.480 e. The number of benzene rings is 3. The maximum Gasteiger partial charge on any atom is 0.265 e. The van der Waals surface area contributed by atoms with Crippen LogP contribution in [0.4, 0.5) is 5.69 Å². The summed E-state index contributed by atoms with van der Waals surface area (Å²) in [6.45, 7) is 6.60. The Morgan fingerprint density at radius 1 is 0.848 bits per heavy atom. The summed E-state index contributed by atoms with van der Waals surface area (Å²) in [5.74, 6) is 0.532. The van der Waals surface area contributed by atoms with Gasteiger partial charge in [-0.15, -0.1) is 0 Å². The molecular formula is C28H32N2O3. The predicted molar refractivity (Wildman–Crippen MR) is 133 cm³/mol. The van der Waals surface area contributed by atoms with Crippen LogP contribution < -0.4 is 15.4 Å². The first-order valence-corrected chi connectivity index (χ1v) is 11.5. The van der Waals surface area contributed by atoms with Crippen molar-refractivity contribution >= 4 is 17.5 Å². The first kappa shape index (κ1) is 24.1. The van der Waals surface area contributed by atoms with Gasteiger partial charge in [0.2, 0.25) is 0 Å². The minimum absolute atomic E-state index is 0.245. The van der Waals surface area contributed by atoms with E-state index in [4.69, 9.17) is 4.74 Å². The zero-order valence-electron chi connectivity index (χ0n) is 19.5. The van der Waals surface area contributed by atoms with Gasteiger partial charge in [-0.3, -0.25) is 9.59 Å². The summed E-state index contributed by atoms with van der Waals surface area (Å²) in [5, 5.41) is 5.82. The van der Waals surface area contributed by atoms with Crippen molar-refractivity contribution in [2.45, 2.75) is 52.2 Å².